The van der Waals surface area contributed by atoms with Crippen LogP contribution in [-0.2, 0) is 15.6 Å². The van der Waals surface area contributed by atoms with E-state index in [1.165, 1.54) is 5.56 Å². The van der Waals surface area contributed by atoms with Gasteiger partial charge in [-0.1, -0.05) is 84.0 Å². The number of nitrogens with one attached hydrogen (secondary N) is 2. The average molecular weight is 487 g/mol. The number of carbonyl (C=O) groups excluding carboxylic acids is 2. The Labute approximate surface area is 215 Å². The van der Waals surface area contributed by atoms with E-state index < -0.39 is 0 Å². The largest absolute Gasteiger partial charge is 0.483 e. The number of amides is 2. The molecule has 3 aromatic carbocycles. The van der Waals surface area contributed by atoms with Crippen molar-refractivity contribution in [1.29, 1.82) is 0 Å². The lowest BCUT2D eigenvalue weighted by Crippen LogP contribution is -2.26. The van der Waals surface area contributed by atoms with Crippen LogP contribution in [-0.4, -0.2) is 18.4 Å². The molecule has 5 heteroatoms. The molecular weight excluding hydrogens is 448 g/mol. The number of carbonyl (C=O) groups is 2. The lowest BCUT2D eigenvalue weighted by atomic mass is 9.80. The van der Waals surface area contributed by atoms with Crippen LogP contribution in [0.4, 0.5) is 5.69 Å². The Balaban J connectivity index is 1.59. The maximum atomic E-state index is 12.6. The molecule has 1 unspecified atom stereocenters. The normalized spacial score (nSPS) is 12.5. The Kier molecular flexibility index (Phi) is 8.24. The van der Waals surface area contributed by atoms with E-state index >= 15 is 0 Å². The minimum Gasteiger partial charge on any atom is -0.483 e. The molecule has 2 amide bonds. The van der Waals surface area contributed by atoms with Crippen molar-refractivity contribution in [1.82, 2.24) is 5.32 Å². The van der Waals surface area contributed by atoms with Gasteiger partial charge in [-0.3, -0.25) is 9.59 Å². The number of hydrogen-bond donors (Lipinski definition) is 2. The molecule has 0 radical (unpaired) electrons. The average Bonchev–Trinajstić information content (AvgIpc) is 2.82. The predicted molar refractivity (Wildman–Crippen MR) is 147 cm³/mol. The SMILES string of the molecule is CC(NC(=O)c1ccc(NC(=O)COc2ccc(C(C)(C)C)cc2C(C)(C)C)cc1)c1ccccc1. The van der Waals surface area contributed by atoms with E-state index in [0.29, 0.717) is 17.0 Å². The summed E-state index contributed by atoms with van der Waals surface area (Å²) >= 11 is 0. The predicted octanol–water partition coefficient (Wildman–Crippen LogP) is 6.79. The minimum absolute atomic E-state index is 0.0263. The summed E-state index contributed by atoms with van der Waals surface area (Å²) in [6, 6.07) is 22.7. The number of ether oxygens (including phenoxy) is 1. The molecule has 0 aliphatic rings. The molecule has 0 aliphatic carbocycles. The zero-order chi connectivity index (χ0) is 26.5. The molecule has 0 heterocycles. The third kappa shape index (κ3) is 7.20. The van der Waals surface area contributed by atoms with Gasteiger partial charge < -0.3 is 15.4 Å². The molecule has 3 aromatic rings. The molecule has 36 heavy (non-hydrogen) atoms. The quantitative estimate of drug-likeness (QED) is 0.386. The topological polar surface area (TPSA) is 67.4 Å². The summed E-state index contributed by atoms with van der Waals surface area (Å²) in [7, 11) is 0. The van der Waals surface area contributed by atoms with Crippen molar-refractivity contribution in [3.63, 3.8) is 0 Å². The van der Waals surface area contributed by atoms with Gasteiger partial charge in [-0.05, 0) is 64.8 Å². The van der Waals surface area contributed by atoms with Gasteiger partial charge in [-0.25, -0.2) is 0 Å². The van der Waals surface area contributed by atoms with Crippen molar-refractivity contribution < 1.29 is 14.3 Å². The molecule has 0 aliphatic heterocycles. The van der Waals surface area contributed by atoms with Crippen molar-refractivity contribution in [2.24, 2.45) is 0 Å². The van der Waals surface area contributed by atoms with Gasteiger partial charge in [-0.2, -0.15) is 0 Å². The highest BCUT2D eigenvalue weighted by atomic mass is 16.5. The molecule has 0 aromatic heterocycles. The van der Waals surface area contributed by atoms with Crippen molar-refractivity contribution in [3.8, 4) is 5.75 Å². The van der Waals surface area contributed by atoms with E-state index in [2.05, 4.69) is 64.3 Å². The second kappa shape index (κ2) is 11.0. The smallest absolute Gasteiger partial charge is 0.262 e. The zero-order valence-electron chi connectivity index (χ0n) is 22.4. The van der Waals surface area contributed by atoms with Crippen LogP contribution in [0.1, 0.15) is 81.6 Å². The van der Waals surface area contributed by atoms with E-state index in [9.17, 15) is 9.59 Å². The van der Waals surface area contributed by atoms with Gasteiger partial charge >= 0.3 is 0 Å². The van der Waals surface area contributed by atoms with E-state index in [4.69, 9.17) is 4.74 Å². The van der Waals surface area contributed by atoms with Crippen molar-refractivity contribution in [2.45, 2.75) is 65.3 Å². The third-order valence-corrected chi connectivity index (χ3v) is 6.09. The summed E-state index contributed by atoms with van der Waals surface area (Å²) in [4.78, 5) is 25.2. The maximum absolute atomic E-state index is 12.6. The first-order chi connectivity index (χ1) is 16.8. The van der Waals surface area contributed by atoms with Gasteiger partial charge in [0, 0.05) is 11.3 Å². The standard InChI is InChI=1S/C31H38N2O3/c1-21(22-11-9-8-10-12-22)32-29(35)23-13-16-25(17-14-23)33-28(34)20-36-27-18-15-24(30(2,3)4)19-26(27)31(5,6)7/h8-19,21H,20H2,1-7H3,(H,32,35)(H,33,34). The number of benzene rings is 3. The summed E-state index contributed by atoms with van der Waals surface area (Å²) in [5.74, 6) is 0.288. The fourth-order valence-corrected chi connectivity index (χ4v) is 3.86. The Morgan fingerprint density at radius 1 is 0.833 bits per heavy atom. The molecule has 0 saturated heterocycles. The van der Waals surface area contributed by atoms with E-state index in [-0.39, 0.29) is 35.3 Å². The van der Waals surface area contributed by atoms with Gasteiger partial charge in [0.1, 0.15) is 5.75 Å². The lowest BCUT2D eigenvalue weighted by Gasteiger charge is -2.27. The van der Waals surface area contributed by atoms with Crippen LogP contribution < -0.4 is 15.4 Å². The van der Waals surface area contributed by atoms with Crippen molar-refractivity contribution >= 4 is 17.5 Å². The van der Waals surface area contributed by atoms with Gasteiger partial charge in [-0.15, -0.1) is 0 Å². The van der Waals surface area contributed by atoms with Crippen LogP contribution in [0.3, 0.4) is 0 Å². The van der Waals surface area contributed by atoms with Gasteiger partial charge in [0.2, 0.25) is 0 Å². The summed E-state index contributed by atoms with van der Waals surface area (Å²) in [6.45, 7) is 14.8. The molecule has 0 bridgehead atoms. The number of anilines is 1. The highest BCUT2D eigenvalue weighted by Gasteiger charge is 2.23. The Hall–Kier alpha value is -3.60. The summed E-state index contributed by atoms with van der Waals surface area (Å²) < 4.78 is 5.94. The van der Waals surface area contributed by atoms with Crippen LogP contribution in [0.5, 0.6) is 5.75 Å². The van der Waals surface area contributed by atoms with Crippen LogP contribution in [0, 0.1) is 0 Å². The molecule has 190 valence electrons. The fraction of sp³-hybridized carbons (Fsp3) is 0.355. The molecule has 0 spiro atoms. The Morgan fingerprint density at radius 3 is 2.06 bits per heavy atom. The first-order valence-electron chi connectivity index (χ1n) is 12.4. The first-order valence-corrected chi connectivity index (χ1v) is 12.4. The fourth-order valence-electron chi connectivity index (χ4n) is 3.86. The van der Waals surface area contributed by atoms with Gasteiger partial charge in [0.25, 0.3) is 11.8 Å². The maximum Gasteiger partial charge on any atom is 0.262 e. The Morgan fingerprint density at radius 2 is 1.47 bits per heavy atom. The first kappa shape index (κ1) is 27.0. The molecule has 0 saturated carbocycles. The van der Waals surface area contributed by atoms with E-state index in [1.807, 2.05) is 43.3 Å². The summed E-state index contributed by atoms with van der Waals surface area (Å²) in [5, 5.41) is 5.84. The highest BCUT2D eigenvalue weighted by molar-refractivity contribution is 5.96. The van der Waals surface area contributed by atoms with Gasteiger partial charge in [0.05, 0.1) is 6.04 Å². The summed E-state index contributed by atoms with van der Waals surface area (Å²) in [6.07, 6.45) is 0. The molecular formula is C31H38N2O3. The number of hydrogen-bond acceptors (Lipinski definition) is 3. The highest BCUT2D eigenvalue weighted by Crippen LogP contribution is 2.35. The van der Waals surface area contributed by atoms with E-state index in [0.717, 1.165) is 11.1 Å². The van der Waals surface area contributed by atoms with Crippen LogP contribution in [0.15, 0.2) is 72.8 Å². The Bertz CT molecular complexity index is 1190. The van der Waals surface area contributed by atoms with Crippen LogP contribution in [0.25, 0.3) is 0 Å². The van der Waals surface area contributed by atoms with Crippen molar-refractivity contribution in [3.05, 3.63) is 95.1 Å². The monoisotopic (exact) mass is 486 g/mol. The third-order valence-electron chi connectivity index (χ3n) is 6.09. The molecule has 5 nitrogen and oxygen atoms in total. The van der Waals surface area contributed by atoms with Crippen molar-refractivity contribution in [2.75, 3.05) is 11.9 Å². The van der Waals surface area contributed by atoms with Gasteiger partial charge in [0.15, 0.2) is 6.61 Å². The zero-order valence-corrected chi connectivity index (χ0v) is 22.4. The van der Waals surface area contributed by atoms with E-state index in [1.54, 1.807) is 24.3 Å². The van der Waals surface area contributed by atoms with Crippen LogP contribution >= 0.6 is 0 Å². The number of rotatable bonds is 7. The van der Waals surface area contributed by atoms with Crippen LogP contribution in [0.2, 0.25) is 0 Å². The molecule has 2 N–H and O–H groups in total. The molecule has 3 rings (SSSR count). The molecule has 0 fully saturated rings. The second-order valence-electron chi connectivity index (χ2n) is 11.2. The molecule has 1 atom stereocenters. The summed E-state index contributed by atoms with van der Waals surface area (Å²) in [5.41, 5.74) is 4.38. The lowest BCUT2D eigenvalue weighted by molar-refractivity contribution is -0.118. The second-order valence-corrected chi connectivity index (χ2v) is 11.2. The minimum atomic E-state index is -0.260.